The molecular formula is C58H114N2O5. The molecule has 0 aliphatic rings. The minimum Gasteiger partial charge on any atom is -0.462 e. The van der Waals surface area contributed by atoms with Crippen LogP contribution in [-0.2, 0) is 19.1 Å². The van der Waals surface area contributed by atoms with Crippen LogP contribution in [0.4, 0.5) is 0 Å². The third-order valence-corrected chi connectivity index (χ3v) is 13.5. The van der Waals surface area contributed by atoms with Crippen molar-refractivity contribution in [1.29, 1.82) is 0 Å². The molecular weight excluding hydrogens is 805 g/mol. The number of hydrogen-bond acceptors (Lipinski definition) is 6. The first-order chi connectivity index (χ1) is 31.7. The Morgan fingerprint density at radius 1 is 0.446 bits per heavy atom. The molecule has 0 saturated heterocycles. The van der Waals surface area contributed by atoms with E-state index in [2.05, 4.69) is 70.7 Å². The number of aliphatic hydroxyl groups is 1. The quantitative estimate of drug-likeness (QED) is 0.0283. The van der Waals surface area contributed by atoms with Gasteiger partial charge in [0.2, 0.25) is 5.91 Å². The molecule has 0 rings (SSSR count). The Morgan fingerprint density at radius 2 is 0.877 bits per heavy atom. The maximum absolute atomic E-state index is 13.9. The number of ether oxygens (including phenoxy) is 2. The lowest BCUT2D eigenvalue weighted by Gasteiger charge is -2.33. The molecule has 0 bridgehead atoms. The van der Waals surface area contributed by atoms with Crippen LogP contribution in [0.2, 0.25) is 0 Å². The van der Waals surface area contributed by atoms with Crippen LogP contribution in [0.3, 0.4) is 0 Å². The summed E-state index contributed by atoms with van der Waals surface area (Å²) < 4.78 is 12.2. The second-order valence-electron chi connectivity index (χ2n) is 20.3. The fraction of sp³-hybridized carbons (Fsp3) is 0.931. The first-order valence-electron chi connectivity index (χ1n) is 28.8. The first kappa shape index (κ1) is 63.6. The van der Waals surface area contributed by atoms with Crippen molar-refractivity contribution >= 4 is 11.9 Å². The van der Waals surface area contributed by atoms with Gasteiger partial charge < -0.3 is 24.4 Å². The third-order valence-electron chi connectivity index (χ3n) is 13.5. The van der Waals surface area contributed by atoms with Crippen molar-refractivity contribution in [2.45, 2.75) is 322 Å². The first-order valence-corrected chi connectivity index (χ1v) is 28.8. The van der Waals surface area contributed by atoms with E-state index in [4.69, 9.17) is 9.47 Å². The number of nitrogens with zero attached hydrogens (tertiary/aromatic N) is 2. The van der Waals surface area contributed by atoms with Crippen LogP contribution in [0.15, 0.2) is 12.2 Å². The van der Waals surface area contributed by atoms with Crippen LogP contribution < -0.4 is 0 Å². The van der Waals surface area contributed by atoms with Gasteiger partial charge in [-0.05, 0) is 123 Å². The predicted molar refractivity (Wildman–Crippen MR) is 282 cm³/mol. The smallest absolute Gasteiger partial charge is 0.306 e. The fourth-order valence-corrected chi connectivity index (χ4v) is 9.28. The lowest BCUT2D eigenvalue weighted by atomic mass is 9.99. The summed E-state index contributed by atoms with van der Waals surface area (Å²) in [5.74, 6) is 0.367. The molecule has 1 amide bonds. The van der Waals surface area contributed by atoms with E-state index in [0.717, 1.165) is 122 Å². The summed E-state index contributed by atoms with van der Waals surface area (Å²) in [6, 6.07) is 0.279. The van der Waals surface area contributed by atoms with Crippen molar-refractivity contribution in [3.05, 3.63) is 12.2 Å². The molecule has 0 aromatic carbocycles. The number of allylic oxidation sites excluding steroid dienone is 2. The molecule has 0 spiro atoms. The highest BCUT2D eigenvalue weighted by Crippen LogP contribution is 2.23. The van der Waals surface area contributed by atoms with E-state index in [1.807, 2.05) is 0 Å². The Balaban J connectivity index is 5.13. The highest BCUT2D eigenvalue weighted by atomic mass is 16.6. The zero-order valence-electron chi connectivity index (χ0n) is 44.8. The third kappa shape index (κ3) is 42.4. The van der Waals surface area contributed by atoms with Crippen LogP contribution in [0, 0.1) is 0 Å². The van der Waals surface area contributed by atoms with Crippen LogP contribution >= 0.6 is 0 Å². The topological polar surface area (TPSA) is 79.3 Å². The molecule has 65 heavy (non-hydrogen) atoms. The summed E-state index contributed by atoms with van der Waals surface area (Å²) in [5, 5.41) is 10.8. The molecule has 2 atom stereocenters. The Hall–Kier alpha value is -1.44. The number of hydrogen-bond donors (Lipinski definition) is 1. The van der Waals surface area contributed by atoms with Crippen molar-refractivity contribution < 1.29 is 24.2 Å². The molecule has 0 radical (unpaired) electrons. The predicted octanol–water partition coefficient (Wildman–Crippen LogP) is 17.0. The van der Waals surface area contributed by atoms with Crippen molar-refractivity contribution in [1.82, 2.24) is 9.80 Å². The van der Waals surface area contributed by atoms with Gasteiger partial charge in [0.05, 0.1) is 6.10 Å². The highest BCUT2D eigenvalue weighted by Gasteiger charge is 2.23. The van der Waals surface area contributed by atoms with Gasteiger partial charge in [-0.1, -0.05) is 194 Å². The van der Waals surface area contributed by atoms with Crippen molar-refractivity contribution in [2.75, 3.05) is 27.2 Å². The number of aliphatic hydroxyl groups excluding tert-OH is 1. The lowest BCUT2D eigenvalue weighted by molar-refractivity contribution is -0.150. The largest absolute Gasteiger partial charge is 0.462 e. The number of carbonyl (C=O) groups excluding carboxylic acids is 2. The van der Waals surface area contributed by atoms with E-state index in [1.165, 1.54) is 135 Å². The Morgan fingerprint density at radius 3 is 1.42 bits per heavy atom. The number of carbonyl (C=O) groups is 2. The molecule has 7 heteroatoms. The normalized spacial score (nSPS) is 12.9. The van der Waals surface area contributed by atoms with Crippen LogP contribution in [0.25, 0.3) is 0 Å². The summed E-state index contributed by atoms with van der Waals surface area (Å²) in [6.45, 7) is 13.1. The molecule has 386 valence electrons. The molecule has 0 aromatic rings. The van der Waals surface area contributed by atoms with E-state index in [1.54, 1.807) is 0 Å². The SMILES string of the molecule is CCCCCCCC(=O)N(CCCN(C)C)C(CC/C=C/CCCCC(O)OC(CCCCCC)CCCCCC)CCCCCCCCC(=O)OC(CCCCCC)CCCCCC. The Labute approximate surface area is 406 Å². The molecule has 0 heterocycles. The summed E-state index contributed by atoms with van der Waals surface area (Å²) in [6.07, 6.45) is 49.9. The maximum atomic E-state index is 13.9. The summed E-state index contributed by atoms with van der Waals surface area (Å²) in [5.41, 5.74) is 0. The number of amides is 1. The molecule has 2 unspecified atom stereocenters. The molecule has 0 saturated carbocycles. The molecule has 0 fully saturated rings. The molecule has 0 aliphatic heterocycles. The average molecular weight is 920 g/mol. The van der Waals surface area contributed by atoms with Gasteiger partial charge in [0, 0.05) is 25.4 Å². The molecule has 0 aliphatic carbocycles. The van der Waals surface area contributed by atoms with Crippen LogP contribution in [0.5, 0.6) is 0 Å². The highest BCUT2D eigenvalue weighted by molar-refractivity contribution is 5.76. The molecule has 7 nitrogen and oxygen atoms in total. The number of rotatable bonds is 51. The van der Waals surface area contributed by atoms with Gasteiger partial charge in [-0.25, -0.2) is 0 Å². The second-order valence-corrected chi connectivity index (χ2v) is 20.3. The standard InChI is InChI=1S/C58H114N2O5/c1-8-13-18-27-38-48-56(61)60(52-41-51-59(6)7)53(42-32-28-23-25-30-39-49-57(62)64-54(44-34-19-14-9-2)45-35-20-15-10-3)43-33-29-24-26-31-40-50-58(63)65-55(46-36-21-16-11-4)47-37-22-17-12-5/h23,28,53-55,57,62H,8-22,24-27,29-52H2,1-7H3/b28-23+. The van der Waals surface area contributed by atoms with Gasteiger partial charge in [-0.3, -0.25) is 9.59 Å². The second kappa shape index (κ2) is 49.0. The monoisotopic (exact) mass is 919 g/mol. The van der Waals surface area contributed by atoms with Crippen molar-refractivity contribution in [3.8, 4) is 0 Å². The maximum Gasteiger partial charge on any atom is 0.306 e. The van der Waals surface area contributed by atoms with Gasteiger partial charge in [0.1, 0.15) is 6.10 Å². The Kier molecular flexibility index (Phi) is 47.9. The number of esters is 1. The fourth-order valence-electron chi connectivity index (χ4n) is 9.28. The van der Waals surface area contributed by atoms with E-state index >= 15 is 0 Å². The van der Waals surface area contributed by atoms with Gasteiger partial charge >= 0.3 is 5.97 Å². The van der Waals surface area contributed by atoms with Gasteiger partial charge in [-0.15, -0.1) is 0 Å². The van der Waals surface area contributed by atoms with Crippen LogP contribution in [-0.4, -0.2) is 78.5 Å². The molecule has 1 N–H and O–H groups in total. The lowest BCUT2D eigenvalue weighted by Crippen LogP contribution is -2.41. The van der Waals surface area contributed by atoms with Gasteiger partial charge in [0.25, 0.3) is 0 Å². The van der Waals surface area contributed by atoms with Crippen molar-refractivity contribution in [3.63, 3.8) is 0 Å². The summed E-state index contributed by atoms with van der Waals surface area (Å²) in [4.78, 5) is 31.2. The minimum atomic E-state index is -0.652. The zero-order valence-corrected chi connectivity index (χ0v) is 44.8. The summed E-state index contributed by atoms with van der Waals surface area (Å²) in [7, 11) is 4.26. The van der Waals surface area contributed by atoms with E-state index in [-0.39, 0.29) is 24.2 Å². The van der Waals surface area contributed by atoms with Crippen LogP contribution in [0.1, 0.15) is 298 Å². The zero-order chi connectivity index (χ0) is 47.9. The van der Waals surface area contributed by atoms with Gasteiger partial charge in [-0.2, -0.15) is 0 Å². The number of unbranched alkanes of at least 4 members (excludes halogenated alkanes) is 23. The van der Waals surface area contributed by atoms with E-state index in [9.17, 15) is 14.7 Å². The average Bonchev–Trinajstić information content (AvgIpc) is 3.28. The molecule has 0 aromatic heterocycles. The van der Waals surface area contributed by atoms with Gasteiger partial charge in [0.15, 0.2) is 6.29 Å². The Bertz CT molecular complexity index is 1010. The van der Waals surface area contributed by atoms with E-state index < -0.39 is 6.29 Å². The van der Waals surface area contributed by atoms with E-state index in [0.29, 0.717) is 25.2 Å². The van der Waals surface area contributed by atoms with Crippen molar-refractivity contribution in [2.24, 2.45) is 0 Å². The minimum absolute atomic E-state index is 0.0101. The summed E-state index contributed by atoms with van der Waals surface area (Å²) >= 11 is 0.